The molecule has 0 bridgehead atoms. The number of rotatable bonds is 1. The fourth-order valence-corrected chi connectivity index (χ4v) is 4.46. The van der Waals surface area contributed by atoms with E-state index in [0.29, 0.717) is 11.2 Å². The highest BCUT2D eigenvalue weighted by Gasteiger charge is 2.48. The molecule has 0 amide bonds. The fourth-order valence-electron chi connectivity index (χ4n) is 3.06. The molecule has 1 fully saturated rings. The first kappa shape index (κ1) is 13.1. The van der Waals surface area contributed by atoms with Crippen LogP contribution in [0.25, 0.3) is 0 Å². The summed E-state index contributed by atoms with van der Waals surface area (Å²) in [7, 11) is 0. The van der Waals surface area contributed by atoms with E-state index >= 15 is 0 Å². The molecule has 2 N–H and O–H groups in total. The molecular weight excluding hydrogens is 278 g/mol. The van der Waals surface area contributed by atoms with Crippen LogP contribution in [-0.4, -0.2) is 29.0 Å². The number of benzene rings is 1. The van der Waals surface area contributed by atoms with Crippen LogP contribution in [0, 0.1) is 0 Å². The smallest absolute Gasteiger partial charge is 0.196 e. The molecule has 5 heteroatoms. The molecule has 19 heavy (non-hydrogen) atoms. The monoisotopic (exact) mass is 295 g/mol. The van der Waals surface area contributed by atoms with Crippen LogP contribution in [0.2, 0.25) is 5.02 Å². The van der Waals surface area contributed by atoms with Gasteiger partial charge < -0.3 is 10.6 Å². The molecule has 0 aliphatic carbocycles. The van der Waals surface area contributed by atoms with Gasteiger partial charge in [-0.05, 0) is 42.9 Å². The van der Waals surface area contributed by atoms with Crippen LogP contribution in [-0.2, 0) is 0 Å². The maximum Gasteiger partial charge on any atom is 0.196 e. The van der Waals surface area contributed by atoms with Crippen molar-refractivity contribution in [3.05, 3.63) is 29.3 Å². The van der Waals surface area contributed by atoms with Gasteiger partial charge in [0, 0.05) is 16.0 Å². The predicted octanol–water partition coefficient (Wildman–Crippen LogP) is 3.13. The van der Waals surface area contributed by atoms with Crippen LogP contribution < -0.4 is 10.6 Å². The minimum atomic E-state index is 0.0425. The van der Waals surface area contributed by atoms with Crippen molar-refractivity contribution in [3.63, 3.8) is 0 Å². The van der Waals surface area contributed by atoms with Crippen LogP contribution in [0.4, 0.5) is 5.69 Å². The summed E-state index contributed by atoms with van der Waals surface area (Å²) in [6.45, 7) is 3.09. The molecular formula is C14H18ClN3S. The Morgan fingerprint density at radius 1 is 1.42 bits per heavy atom. The minimum Gasteiger partial charge on any atom is -0.369 e. The van der Waals surface area contributed by atoms with Crippen molar-refractivity contribution >= 4 is 35.0 Å². The van der Waals surface area contributed by atoms with Gasteiger partial charge in [-0.1, -0.05) is 18.5 Å². The van der Waals surface area contributed by atoms with E-state index in [0.717, 1.165) is 23.7 Å². The SMILES string of the molecule is CC1SCCCC12CN=C(N)N2c1ccc(Cl)cc1. The Bertz CT molecular complexity index is 502. The van der Waals surface area contributed by atoms with Gasteiger partial charge in [0.25, 0.3) is 0 Å². The molecule has 1 saturated heterocycles. The summed E-state index contributed by atoms with van der Waals surface area (Å²) in [6.07, 6.45) is 2.37. The van der Waals surface area contributed by atoms with Gasteiger partial charge in [-0.25, -0.2) is 0 Å². The first-order valence-electron chi connectivity index (χ1n) is 6.61. The second-order valence-corrected chi connectivity index (χ2v) is 7.09. The molecule has 2 heterocycles. The van der Waals surface area contributed by atoms with Gasteiger partial charge in [-0.3, -0.25) is 4.99 Å². The van der Waals surface area contributed by atoms with E-state index in [4.69, 9.17) is 17.3 Å². The number of nitrogens with two attached hydrogens (primary N) is 1. The third-order valence-corrected chi connectivity index (χ3v) is 5.87. The summed E-state index contributed by atoms with van der Waals surface area (Å²) in [4.78, 5) is 6.74. The van der Waals surface area contributed by atoms with Gasteiger partial charge in [0.15, 0.2) is 5.96 Å². The van der Waals surface area contributed by atoms with E-state index < -0.39 is 0 Å². The summed E-state index contributed by atoms with van der Waals surface area (Å²) in [6, 6.07) is 7.89. The zero-order valence-electron chi connectivity index (χ0n) is 11.0. The maximum absolute atomic E-state index is 6.15. The quantitative estimate of drug-likeness (QED) is 0.865. The standard InChI is InChI=1S/C14H18ClN3S/c1-10-14(7-2-8-19-10)9-17-13(16)18(14)12-5-3-11(15)4-6-12/h3-6,10H,2,7-9H2,1H3,(H2,16,17). The van der Waals surface area contributed by atoms with Gasteiger partial charge in [0.2, 0.25) is 0 Å². The van der Waals surface area contributed by atoms with Crippen molar-refractivity contribution in [2.75, 3.05) is 17.2 Å². The van der Waals surface area contributed by atoms with Gasteiger partial charge in [0.1, 0.15) is 0 Å². The van der Waals surface area contributed by atoms with Crippen molar-refractivity contribution in [3.8, 4) is 0 Å². The Labute approximate surface area is 123 Å². The Morgan fingerprint density at radius 2 is 2.16 bits per heavy atom. The molecule has 0 aromatic heterocycles. The maximum atomic E-state index is 6.15. The van der Waals surface area contributed by atoms with E-state index in [1.54, 1.807) is 0 Å². The third kappa shape index (κ3) is 2.11. The van der Waals surface area contributed by atoms with Crippen molar-refractivity contribution in [1.82, 2.24) is 0 Å². The van der Waals surface area contributed by atoms with Gasteiger partial charge in [-0.15, -0.1) is 0 Å². The largest absolute Gasteiger partial charge is 0.369 e. The van der Waals surface area contributed by atoms with E-state index in [1.807, 2.05) is 36.0 Å². The lowest BCUT2D eigenvalue weighted by Crippen LogP contribution is -2.58. The average Bonchev–Trinajstić information content (AvgIpc) is 2.73. The number of thioether (sulfide) groups is 1. The second kappa shape index (κ2) is 4.91. The lowest BCUT2D eigenvalue weighted by atomic mass is 9.88. The van der Waals surface area contributed by atoms with Gasteiger partial charge in [-0.2, -0.15) is 11.8 Å². The van der Waals surface area contributed by atoms with Crippen LogP contribution in [0.5, 0.6) is 0 Å². The lowest BCUT2D eigenvalue weighted by molar-refractivity contribution is 0.404. The van der Waals surface area contributed by atoms with Crippen molar-refractivity contribution in [2.24, 2.45) is 10.7 Å². The van der Waals surface area contributed by atoms with Crippen molar-refractivity contribution in [1.29, 1.82) is 0 Å². The van der Waals surface area contributed by atoms with Crippen LogP contribution in [0.15, 0.2) is 29.3 Å². The van der Waals surface area contributed by atoms with Crippen molar-refractivity contribution in [2.45, 2.75) is 30.6 Å². The third-order valence-electron chi connectivity index (χ3n) is 4.15. The highest BCUT2D eigenvalue weighted by Crippen LogP contribution is 2.43. The highest BCUT2D eigenvalue weighted by molar-refractivity contribution is 8.00. The van der Waals surface area contributed by atoms with Gasteiger partial charge in [0.05, 0.1) is 12.1 Å². The first-order valence-corrected chi connectivity index (χ1v) is 8.03. The molecule has 1 aromatic rings. The Morgan fingerprint density at radius 3 is 2.84 bits per heavy atom. The molecule has 0 saturated carbocycles. The summed E-state index contributed by atoms with van der Waals surface area (Å²) in [5, 5.41) is 1.28. The van der Waals surface area contributed by atoms with Crippen LogP contribution in [0.1, 0.15) is 19.8 Å². The highest BCUT2D eigenvalue weighted by atomic mass is 35.5. The molecule has 102 valence electrons. The normalized spacial score (nSPS) is 30.7. The number of aliphatic imine (C=N–C) groups is 1. The Hall–Kier alpha value is -0.870. The Balaban J connectivity index is 2.00. The lowest BCUT2D eigenvalue weighted by Gasteiger charge is -2.46. The topological polar surface area (TPSA) is 41.6 Å². The molecule has 0 radical (unpaired) electrons. The first-order chi connectivity index (χ1) is 9.13. The zero-order valence-corrected chi connectivity index (χ0v) is 12.5. The second-order valence-electron chi connectivity index (χ2n) is 5.21. The summed E-state index contributed by atoms with van der Waals surface area (Å²) >= 11 is 8.00. The number of anilines is 1. The Kier molecular flexibility index (Phi) is 3.39. The molecule has 2 unspecified atom stereocenters. The number of halogens is 1. The minimum absolute atomic E-state index is 0.0425. The number of guanidine groups is 1. The molecule has 1 spiro atoms. The summed E-state index contributed by atoms with van der Waals surface area (Å²) in [5.41, 5.74) is 7.29. The predicted molar refractivity (Wildman–Crippen MR) is 84.3 cm³/mol. The number of hydrogen-bond donors (Lipinski definition) is 1. The zero-order chi connectivity index (χ0) is 13.5. The molecule has 2 aliphatic rings. The van der Waals surface area contributed by atoms with Crippen LogP contribution in [0.3, 0.4) is 0 Å². The van der Waals surface area contributed by atoms with E-state index in [2.05, 4.69) is 16.8 Å². The number of hydrogen-bond acceptors (Lipinski definition) is 4. The van der Waals surface area contributed by atoms with E-state index in [-0.39, 0.29) is 5.54 Å². The molecule has 2 atom stereocenters. The fraction of sp³-hybridized carbons (Fsp3) is 0.500. The summed E-state index contributed by atoms with van der Waals surface area (Å²) < 4.78 is 0. The molecule has 1 aromatic carbocycles. The average molecular weight is 296 g/mol. The van der Waals surface area contributed by atoms with Gasteiger partial charge >= 0.3 is 0 Å². The molecule has 2 aliphatic heterocycles. The molecule has 3 rings (SSSR count). The van der Waals surface area contributed by atoms with Crippen molar-refractivity contribution < 1.29 is 0 Å². The summed E-state index contributed by atoms with van der Waals surface area (Å²) in [5.74, 6) is 1.87. The van der Waals surface area contributed by atoms with Crippen LogP contribution >= 0.6 is 23.4 Å². The van der Waals surface area contributed by atoms with E-state index in [9.17, 15) is 0 Å². The molecule has 3 nitrogen and oxygen atoms in total. The number of nitrogens with zero attached hydrogens (tertiary/aromatic N) is 2. The van der Waals surface area contributed by atoms with E-state index in [1.165, 1.54) is 12.2 Å².